The van der Waals surface area contributed by atoms with Gasteiger partial charge in [0.15, 0.2) is 5.82 Å². The molecule has 0 fully saturated rings. The van der Waals surface area contributed by atoms with Gasteiger partial charge < -0.3 is 19.9 Å². The Morgan fingerprint density at radius 2 is 1.97 bits per heavy atom. The van der Waals surface area contributed by atoms with Gasteiger partial charge in [-0.05, 0) is 36.1 Å². The first kappa shape index (κ1) is 20.9. The van der Waals surface area contributed by atoms with Crippen LogP contribution in [0, 0.1) is 12.7 Å². The number of nitrogens with one attached hydrogen (secondary N) is 2. The largest absolute Gasteiger partial charge is 0.474 e. The van der Waals surface area contributed by atoms with Gasteiger partial charge >= 0.3 is 0 Å². The monoisotopic (exact) mass is 482 g/mol. The van der Waals surface area contributed by atoms with Crippen molar-refractivity contribution in [3.63, 3.8) is 0 Å². The van der Waals surface area contributed by atoms with Crippen LogP contribution in [0.2, 0.25) is 0 Å². The summed E-state index contributed by atoms with van der Waals surface area (Å²) >= 11 is 0. The number of fused-ring (bicyclic) bond motifs is 4. The van der Waals surface area contributed by atoms with Crippen molar-refractivity contribution < 1.29 is 9.13 Å². The third-order valence-corrected chi connectivity index (χ3v) is 6.87. The second-order valence-electron chi connectivity index (χ2n) is 9.09. The molecule has 9 nitrogen and oxygen atoms in total. The zero-order valence-electron chi connectivity index (χ0n) is 19.6. The molecular formula is C26H23FN8O. The molecule has 180 valence electrons. The molecule has 0 aliphatic carbocycles. The second-order valence-corrected chi connectivity index (χ2v) is 9.09. The lowest BCUT2D eigenvalue weighted by Crippen LogP contribution is -2.20. The maximum absolute atomic E-state index is 15.2. The van der Waals surface area contributed by atoms with E-state index in [-0.39, 0.29) is 5.82 Å². The minimum atomic E-state index is -0.317. The first-order valence-corrected chi connectivity index (χ1v) is 11.9. The molecule has 2 aliphatic heterocycles. The number of pyridine rings is 2. The molecule has 2 aliphatic rings. The van der Waals surface area contributed by atoms with Crippen LogP contribution < -0.4 is 15.4 Å². The summed E-state index contributed by atoms with van der Waals surface area (Å²) in [4.78, 5) is 13.3. The highest BCUT2D eigenvalue weighted by Crippen LogP contribution is 2.37. The van der Waals surface area contributed by atoms with Crippen molar-refractivity contribution in [3.05, 3.63) is 72.0 Å². The number of rotatable bonds is 3. The lowest BCUT2D eigenvalue weighted by molar-refractivity contribution is 0.310. The highest BCUT2D eigenvalue weighted by molar-refractivity contribution is 5.90. The quantitative estimate of drug-likeness (QED) is 0.396. The number of hydrogen-bond donors (Lipinski definition) is 2. The summed E-state index contributed by atoms with van der Waals surface area (Å²) in [5, 5.41) is 12.9. The molecule has 2 N–H and O–H groups in total. The molecule has 4 aromatic heterocycles. The van der Waals surface area contributed by atoms with E-state index in [1.54, 1.807) is 12.4 Å². The van der Waals surface area contributed by atoms with Gasteiger partial charge in [-0.1, -0.05) is 0 Å². The fourth-order valence-corrected chi connectivity index (χ4v) is 4.98. The number of ether oxygens (including phenoxy) is 1. The van der Waals surface area contributed by atoms with Crippen LogP contribution in [0.15, 0.2) is 49.1 Å². The fraction of sp³-hybridized carbons (Fsp3) is 0.231. The maximum atomic E-state index is 15.2. The molecule has 36 heavy (non-hydrogen) atoms. The summed E-state index contributed by atoms with van der Waals surface area (Å²) in [6.07, 6.45) is 8.05. The van der Waals surface area contributed by atoms with E-state index in [1.165, 1.54) is 6.07 Å². The van der Waals surface area contributed by atoms with E-state index < -0.39 is 0 Å². The third-order valence-electron chi connectivity index (χ3n) is 6.87. The normalized spacial score (nSPS) is 14.3. The molecule has 10 heteroatoms. The van der Waals surface area contributed by atoms with Gasteiger partial charge in [0.2, 0.25) is 5.88 Å². The van der Waals surface area contributed by atoms with Crippen molar-refractivity contribution >= 4 is 28.1 Å². The Balaban J connectivity index is 1.22. The average Bonchev–Trinajstić information content (AvgIpc) is 3.46. The number of halogens is 1. The topological polar surface area (TPSA) is 94.7 Å². The summed E-state index contributed by atoms with van der Waals surface area (Å²) in [5.74, 6) is 2.60. The maximum Gasteiger partial charge on any atom is 0.237 e. The van der Waals surface area contributed by atoms with E-state index in [2.05, 4.69) is 30.2 Å². The lowest BCUT2D eigenvalue weighted by Gasteiger charge is -2.21. The smallest absolute Gasteiger partial charge is 0.237 e. The standard InChI is InChI=1S/C26H23FN8O/c1-15-20(13-31-26-25(15)29-4-7-36-26)19-8-16-10-22(30-12-17(16)9-21(19)27)32-23-11-18-2-5-34-6-3-28-24(34)14-35(18)33-23/h3,6,8-13,29H,2,4-5,7,14H2,1H3,(H,30,32,33). The number of anilines is 3. The Morgan fingerprint density at radius 3 is 2.92 bits per heavy atom. The number of benzene rings is 1. The van der Waals surface area contributed by atoms with Crippen LogP contribution in [0.1, 0.15) is 17.1 Å². The van der Waals surface area contributed by atoms with Gasteiger partial charge in [-0.15, -0.1) is 0 Å². The molecule has 5 aromatic rings. The molecule has 0 amide bonds. The van der Waals surface area contributed by atoms with Crippen molar-refractivity contribution in [1.29, 1.82) is 0 Å². The summed E-state index contributed by atoms with van der Waals surface area (Å²) in [5.41, 5.74) is 4.08. The first-order valence-electron chi connectivity index (χ1n) is 11.9. The highest BCUT2D eigenvalue weighted by atomic mass is 19.1. The molecule has 0 saturated heterocycles. The van der Waals surface area contributed by atoms with Gasteiger partial charge in [0, 0.05) is 72.6 Å². The van der Waals surface area contributed by atoms with E-state index in [0.717, 1.165) is 57.9 Å². The van der Waals surface area contributed by atoms with Crippen molar-refractivity contribution in [2.45, 2.75) is 26.4 Å². The second kappa shape index (κ2) is 8.04. The first-order chi connectivity index (χ1) is 17.6. The summed E-state index contributed by atoms with van der Waals surface area (Å²) in [6, 6.07) is 7.33. The molecule has 6 heterocycles. The molecule has 0 unspecified atom stereocenters. The van der Waals surface area contributed by atoms with Crippen LogP contribution in [0.4, 0.5) is 21.7 Å². The Bertz CT molecular complexity index is 1640. The Morgan fingerprint density at radius 1 is 1.03 bits per heavy atom. The minimum absolute atomic E-state index is 0.317. The fourth-order valence-electron chi connectivity index (χ4n) is 4.98. The van der Waals surface area contributed by atoms with Gasteiger partial charge in [-0.2, -0.15) is 5.10 Å². The number of hydrogen-bond acceptors (Lipinski definition) is 7. The average molecular weight is 483 g/mol. The van der Waals surface area contributed by atoms with E-state index >= 15 is 4.39 Å². The van der Waals surface area contributed by atoms with Crippen molar-refractivity contribution in [1.82, 2.24) is 29.3 Å². The zero-order chi connectivity index (χ0) is 24.2. The van der Waals surface area contributed by atoms with Crippen LogP contribution in [-0.2, 0) is 19.5 Å². The van der Waals surface area contributed by atoms with E-state index in [9.17, 15) is 0 Å². The van der Waals surface area contributed by atoms with Crippen LogP contribution in [0.5, 0.6) is 5.88 Å². The number of imidazole rings is 1. The molecule has 0 atom stereocenters. The minimum Gasteiger partial charge on any atom is -0.474 e. The van der Waals surface area contributed by atoms with E-state index in [0.29, 0.717) is 37.0 Å². The van der Waals surface area contributed by atoms with Crippen molar-refractivity contribution in [2.24, 2.45) is 0 Å². The van der Waals surface area contributed by atoms with Gasteiger partial charge in [0.1, 0.15) is 29.8 Å². The SMILES string of the molecule is Cc1c(-c2cc3cc(Nc4cc5n(n4)Cc4nccn4CC5)ncc3cc2F)cnc2c1NCCO2. The third kappa shape index (κ3) is 3.44. The Hall–Kier alpha value is -4.47. The van der Waals surface area contributed by atoms with Gasteiger partial charge in [-0.3, -0.25) is 4.68 Å². The predicted molar refractivity (Wildman–Crippen MR) is 134 cm³/mol. The highest BCUT2D eigenvalue weighted by Gasteiger charge is 2.20. The molecule has 0 radical (unpaired) electrons. The Labute approximate surface area is 206 Å². The van der Waals surface area contributed by atoms with Gasteiger partial charge in [0.25, 0.3) is 0 Å². The van der Waals surface area contributed by atoms with Crippen LogP contribution in [0.3, 0.4) is 0 Å². The number of nitrogens with zero attached hydrogens (tertiary/aromatic N) is 6. The molecular weight excluding hydrogens is 459 g/mol. The molecule has 7 rings (SSSR count). The van der Waals surface area contributed by atoms with Gasteiger partial charge in [0.05, 0.1) is 6.54 Å². The molecule has 0 saturated carbocycles. The summed E-state index contributed by atoms with van der Waals surface area (Å²) in [7, 11) is 0. The van der Waals surface area contributed by atoms with Gasteiger partial charge in [-0.25, -0.2) is 19.3 Å². The molecule has 0 spiro atoms. The number of aryl methyl sites for hydroxylation is 2. The van der Waals surface area contributed by atoms with Crippen molar-refractivity contribution in [3.8, 4) is 17.0 Å². The number of aromatic nitrogens is 6. The van der Waals surface area contributed by atoms with E-state index in [1.807, 2.05) is 42.2 Å². The Kier molecular flexibility index (Phi) is 4.66. The molecule has 0 bridgehead atoms. The zero-order valence-corrected chi connectivity index (χ0v) is 19.6. The lowest BCUT2D eigenvalue weighted by atomic mass is 9.98. The van der Waals surface area contributed by atoms with Crippen LogP contribution >= 0.6 is 0 Å². The van der Waals surface area contributed by atoms with E-state index in [4.69, 9.17) is 9.84 Å². The van der Waals surface area contributed by atoms with Crippen LogP contribution in [0.25, 0.3) is 21.9 Å². The summed E-state index contributed by atoms with van der Waals surface area (Å²) in [6.45, 7) is 4.72. The predicted octanol–water partition coefficient (Wildman–Crippen LogP) is 4.29. The summed E-state index contributed by atoms with van der Waals surface area (Å²) < 4.78 is 24.9. The van der Waals surface area contributed by atoms with Crippen LogP contribution in [-0.4, -0.2) is 42.5 Å². The van der Waals surface area contributed by atoms with Crippen molar-refractivity contribution in [2.75, 3.05) is 23.8 Å². The molecule has 1 aromatic carbocycles.